The number of alkyl halides is 3. The molecular weight excluding hydrogens is 1470 g/mol. The molecule has 0 aromatic heterocycles. The summed E-state index contributed by atoms with van der Waals surface area (Å²) in [5, 5.41) is 12.3. The molecule has 1 aliphatic carbocycles. The minimum absolute atomic E-state index is 0.0488. The quantitative estimate of drug-likeness (QED) is 0.0139. The Balaban J connectivity index is 1.33. The second-order valence-electron chi connectivity index (χ2n) is 25.2. The number of benzene rings is 3. The van der Waals surface area contributed by atoms with Crippen LogP contribution in [-0.4, -0.2) is 289 Å². The minimum atomic E-state index is -1.47. The number of carbonyl (C=O) groups is 4. The SMILES string of the molecule is CCN(CC)c1ccc2nc3c4cc(OCC(=O)NC(COCCC(=O)NCCOCCOCCOCCOCCCCCCCl)(COCCC(=O)NCCOCCOCCOCCOCCCCCCCl)COCCC(=O)NCCOCCOCCOCCOCCCCCCCl)ccc4c(=O)cc-3oc2c1. The Morgan fingerprint density at radius 2 is 0.778 bits per heavy atom. The van der Waals surface area contributed by atoms with Crippen molar-refractivity contribution in [2.24, 2.45) is 0 Å². The highest BCUT2D eigenvalue weighted by molar-refractivity contribution is 6.18. The fraction of sp³-hybridized carbons (Fsp3) is 0.740. The molecule has 1 aliphatic heterocycles. The van der Waals surface area contributed by atoms with Crippen molar-refractivity contribution in [3.63, 3.8) is 0 Å². The summed E-state index contributed by atoms with van der Waals surface area (Å²) in [5.74, 6) is 1.08. The number of ether oxygens (including phenoxy) is 16. The summed E-state index contributed by atoms with van der Waals surface area (Å²) < 4.78 is 98.2. The molecule has 2 aromatic carbocycles. The molecule has 1 heterocycles. The maximum absolute atomic E-state index is 14.3. The van der Waals surface area contributed by atoms with Crippen LogP contribution in [0.15, 0.2) is 51.7 Å². The third kappa shape index (κ3) is 46.8. The zero-order chi connectivity index (χ0) is 77.3. The second kappa shape index (κ2) is 65.6. The Labute approximate surface area is 654 Å². The highest BCUT2D eigenvalue weighted by Gasteiger charge is 2.34. The number of unbranched alkanes of at least 4 members (excludes halogenated alkanes) is 9. The topological polar surface area (TPSA) is 310 Å². The van der Waals surface area contributed by atoms with Gasteiger partial charge in [0.05, 0.1) is 178 Å². The van der Waals surface area contributed by atoms with Crippen molar-refractivity contribution in [3.8, 4) is 17.2 Å². The molecule has 616 valence electrons. The number of aromatic nitrogens is 1. The van der Waals surface area contributed by atoms with E-state index in [0.29, 0.717) is 184 Å². The smallest absolute Gasteiger partial charge is 0.258 e. The molecule has 0 radical (unpaired) electrons. The molecule has 0 unspecified atom stereocenters. The van der Waals surface area contributed by atoms with Crippen LogP contribution in [0.1, 0.15) is 110 Å². The molecule has 2 aromatic rings. The normalized spacial score (nSPS) is 11.7. The van der Waals surface area contributed by atoms with Crippen molar-refractivity contribution in [3.05, 3.63) is 52.7 Å². The van der Waals surface area contributed by atoms with Gasteiger partial charge in [0.1, 0.15) is 22.5 Å². The minimum Gasteiger partial charge on any atom is -0.484 e. The summed E-state index contributed by atoms with van der Waals surface area (Å²) in [4.78, 5) is 74.1. The second-order valence-corrected chi connectivity index (χ2v) is 26.3. The molecule has 0 fully saturated rings. The lowest BCUT2D eigenvalue weighted by Crippen LogP contribution is -2.59. The van der Waals surface area contributed by atoms with Crippen molar-refractivity contribution in [2.75, 3.05) is 260 Å². The van der Waals surface area contributed by atoms with Gasteiger partial charge in [-0.15, -0.1) is 34.8 Å². The van der Waals surface area contributed by atoms with Crippen LogP contribution in [0, 0.1) is 0 Å². The summed E-state index contributed by atoms with van der Waals surface area (Å²) in [6, 6.07) is 12.0. The van der Waals surface area contributed by atoms with Crippen LogP contribution >= 0.6 is 34.8 Å². The van der Waals surface area contributed by atoms with Gasteiger partial charge in [0.2, 0.25) is 17.7 Å². The van der Waals surface area contributed by atoms with E-state index >= 15 is 0 Å². The van der Waals surface area contributed by atoms with E-state index in [9.17, 15) is 24.0 Å². The van der Waals surface area contributed by atoms with Crippen LogP contribution in [-0.2, 0) is 90.2 Å². The van der Waals surface area contributed by atoms with Crippen molar-refractivity contribution in [2.45, 2.75) is 116 Å². The summed E-state index contributed by atoms with van der Waals surface area (Å²) >= 11 is 17.2. The van der Waals surface area contributed by atoms with Crippen molar-refractivity contribution >= 4 is 86.0 Å². The maximum Gasteiger partial charge on any atom is 0.258 e. The molecule has 4 amide bonds. The van der Waals surface area contributed by atoms with Crippen LogP contribution in [0.4, 0.5) is 5.69 Å². The average molecular weight is 1590 g/mol. The molecule has 0 bridgehead atoms. The van der Waals surface area contributed by atoms with Crippen LogP contribution in [0.25, 0.3) is 33.3 Å². The molecule has 0 atom stereocenters. The van der Waals surface area contributed by atoms with Crippen molar-refractivity contribution in [1.82, 2.24) is 26.3 Å². The number of amides is 4. The zero-order valence-corrected chi connectivity index (χ0v) is 66.5. The average Bonchev–Trinajstić information content (AvgIpc) is 0.756. The Morgan fingerprint density at radius 1 is 0.407 bits per heavy atom. The first-order valence-corrected chi connectivity index (χ1v) is 40.3. The fourth-order valence-corrected chi connectivity index (χ4v) is 11.2. The third-order valence-electron chi connectivity index (χ3n) is 16.4. The van der Waals surface area contributed by atoms with Crippen molar-refractivity contribution < 1.29 is 99.4 Å². The highest BCUT2D eigenvalue weighted by atomic mass is 35.5. The number of nitrogens with zero attached hydrogens (tertiary/aromatic N) is 2. The molecule has 2 aliphatic rings. The number of hydrogen-bond donors (Lipinski definition) is 4. The van der Waals surface area contributed by atoms with Gasteiger partial charge >= 0.3 is 0 Å². The summed E-state index contributed by atoms with van der Waals surface area (Å²) in [5.41, 5.74) is 0.749. The van der Waals surface area contributed by atoms with E-state index in [1.54, 1.807) is 18.2 Å². The van der Waals surface area contributed by atoms with Gasteiger partial charge < -0.3 is 106 Å². The van der Waals surface area contributed by atoms with Crippen LogP contribution in [0.2, 0.25) is 0 Å². The Bertz CT molecular complexity index is 2800. The first-order valence-electron chi connectivity index (χ1n) is 38.7. The van der Waals surface area contributed by atoms with E-state index in [4.69, 9.17) is 120 Å². The molecular formula is C77H125Cl3N6O22. The fourth-order valence-electron chi connectivity index (χ4n) is 10.6. The third-order valence-corrected chi connectivity index (χ3v) is 17.2. The number of carbonyl (C=O) groups excluding carboxylic acids is 4. The van der Waals surface area contributed by atoms with Crippen LogP contribution in [0.3, 0.4) is 0 Å². The van der Waals surface area contributed by atoms with Crippen LogP contribution < -0.4 is 36.3 Å². The number of fused-ring (bicyclic) bond motifs is 4. The number of halogens is 3. The molecule has 31 heteroatoms. The van der Waals surface area contributed by atoms with Gasteiger partial charge in [-0.05, 0) is 82.7 Å². The Morgan fingerprint density at radius 3 is 1.16 bits per heavy atom. The highest BCUT2D eigenvalue weighted by Crippen LogP contribution is 2.33. The lowest BCUT2D eigenvalue weighted by Gasteiger charge is -2.34. The van der Waals surface area contributed by atoms with Crippen molar-refractivity contribution in [1.29, 1.82) is 0 Å². The maximum atomic E-state index is 14.3. The van der Waals surface area contributed by atoms with E-state index < -0.39 is 18.1 Å². The Hall–Kier alpha value is -4.93. The largest absolute Gasteiger partial charge is 0.484 e. The van der Waals surface area contributed by atoms with E-state index in [1.807, 2.05) is 18.2 Å². The number of rotatable bonds is 76. The number of nitrogens with one attached hydrogen (secondary N) is 4. The molecule has 4 N–H and O–H groups in total. The van der Waals surface area contributed by atoms with Crippen LogP contribution in [0.5, 0.6) is 5.75 Å². The molecule has 108 heavy (non-hydrogen) atoms. The summed E-state index contributed by atoms with van der Waals surface area (Å²) in [7, 11) is 0. The first kappa shape index (κ1) is 95.4. The molecule has 0 saturated heterocycles. The van der Waals surface area contributed by atoms with E-state index in [0.717, 1.165) is 95.8 Å². The van der Waals surface area contributed by atoms with Gasteiger partial charge in [0.15, 0.2) is 23.4 Å². The molecule has 0 spiro atoms. The summed E-state index contributed by atoms with van der Waals surface area (Å²) in [6.45, 7) is 15.5. The van der Waals surface area contributed by atoms with Gasteiger partial charge in [0, 0.05) is 118 Å². The lowest BCUT2D eigenvalue weighted by molar-refractivity contribution is -0.132. The first-order chi connectivity index (χ1) is 53.0. The van der Waals surface area contributed by atoms with Gasteiger partial charge in [-0.25, -0.2) is 4.98 Å². The predicted octanol–water partition coefficient (Wildman–Crippen LogP) is 8.69. The van der Waals surface area contributed by atoms with Gasteiger partial charge in [-0.3, -0.25) is 24.0 Å². The molecule has 4 rings (SSSR count). The number of hydrogen-bond acceptors (Lipinski definition) is 24. The van der Waals surface area contributed by atoms with E-state index in [-0.39, 0.29) is 133 Å². The molecule has 28 nitrogen and oxygen atoms in total. The lowest BCUT2D eigenvalue weighted by atomic mass is 10.0. The predicted molar refractivity (Wildman–Crippen MR) is 417 cm³/mol. The van der Waals surface area contributed by atoms with E-state index in [2.05, 4.69) is 40.0 Å². The number of anilines is 1. The monoisotopic (exact) mass is 1590 g/mol. The standard InChI is InChI=1S/C77H125Cl3N6O22/c1-3-86(4-2)64-17-20-68-70(57-64)108-71-59-69(87)66-19-18-65(58-67(66)76(71)84-68)107-60-75(91)85-77(61-104-33-21-72(88)81-27-36-95-42-48-101-54-51-98-45-39-92-30-14-8-5-11-24-78,62-105-34-22-73(89)82-28-37-96-43-49-102-55-52-99-46-40-93-31-15-9-6-12-25-79)63-106-35-23-74(90)83-29-38-97-44-50-103-56-53-100-47-41-94-32-16-10-7-13-26-80/h17-20,57-59H,3-16,21-56,60-63H2,1-2H3,(H,81,88)(H,82,89)(H,83,90)(H,85,91). The molecule has 0 saturated carbocycles. The van der Waals surface area contributed by atoms with Gasteiger partial charge in [-0.1, -0.05) is 38.5 Å². The van der Waals surface area contributed by atoms with E-state index in [1.165, 1.54) is 6.07 Å². The summed E-state index contributed by atoms with van der Waals surface area (Å²) in [6.07, 6.45) is 12.6. The Kier molecular flexibility index (Phi) is 58.0. The van der Waals surface area contributed by atoms with Gasteiger partial charge in [-0.2, -0.15) is 0 Å². The zero-order valence-electron chi connectivity index (χ0n) is 64.2. The van der Waals surface area contributed by atoms with Gasteiger partial charge in [0.25, 0.3) is 5.91 Å².